The number of carbonyl (C=O) groups is 2. The van der Waals surface area contributed by atoms with Crippen molar-refractivity contribution in [1.82, 2.24) is 5.32 Å². The molecule has 2 amide bonds. The highest BCUT2D eigenvalue weighted by atomic mass is 35.5. The van der Waals surface area contributed by atoms with Crippen molar-refractivity contribution < 1.29 is 9.59 Å². The van der Waals surface area contributed by atoms with Gasteiger partial charge in [-0.1, -0.05) is 49.6 Å². The van der Waals surface area contributed by atoms with E-state index in [-0.39, 0.29) is 23.7 Å². The molecule has 4 nitrogen and oxygen atoms in total. The summed E-state index contributed by atoms with van der Waals surface area (Å²) in [6.45, 7) is 6.18. The van der Waals surface area contributed by atoms with Crippen LogP contribution in [-0.4, -0.2) is 23.7 Å². The van der Waals surface area contributed by atoms with Gasteiger partial charge in [0.2, 0.25) is 11.8 Å². The summed E-state index contributed by atoms with van der Waals surface area (Å²) in [5.41, 5.74) is 3.51. The molecule has 1 aliphatic carbocycles. The van der Waals surface area contributed by atoms with Gasteiger partial charge in [0.05, 0.1) is 0 Å². The van der Waals surface area contributed by atoms with Crippen LogP contribution >= 0.6 is 23.2 Å². The maximum absolute atomic E-state index is 13.6. The number of rotatable bonds is 6. The van der Waals surface area contributed by atoms with Crippen molar-refractivity contribution in [3.05, 3.63) is 64.2 Å². The molecule has 1 N–H and O–H groups in total. The predicted molar refractivity (Wildman–Crippen MR) is 128 cm³/mol. The van der Waals surface area contributed by atoms with Gasteiger partial charge in [-0.15, -0.1) is 11.6 Å². The maximum atomic E-state index is 13.6. The number of benzene rings is 2. The summed E-state index contributed by atoms with van der Waals surface area (Å²) in [7, 11) is 0. The summed E-state index contributed by atoms with van der Waals surface area (Å²) in [6.07, 6.45) is 4.33. The Kier molecular flexibility index (Phi) is 8.01. The molecule has 0 aromatic heterocycles. The molecular formula is C25H30Cl2N2O2. The number of aryl methyl sites for hydroxylation is 2. The number of halogens is 2. The van der Waals surface area contributed by atoms with E-state index in [9.17, 15) is 9.59 Å². The van der Waals surface area contributed by atoms with Gasteiger partial charge in [0.1, 0.15) is 11.9 Å². The van der Waals surface area contributed by atoms with Crippen molar-refractivity contribution in [3.63, 3.8) is 0 Å². The largest absolute Gasteiger partial charge is 0.351 e. The van der Waals surface area contributed by atoms with Crippen molar-refractivity contribution in [2.24, 2.45) is 5.92 Å². The van der Waals surface area contributed by atoms with Crippen molar-refractivity contribution >= 4 is 40.7 Å². The minimum absolute atomic E-state index is 0.101. The zero-order valence-electron chi connectivity index (χ0n) is 18.3. The number of anilines is 1. The first kappa shape index (κ1) is 23.6. The molecule has 1 saturated carbocycles. The number of alkyl halides is 1. The van der Waals surface area contributed by atoms with Crippen molar-refractivity contribution in [2.75, 3.05) is 10.8 Å². The van der Waals surface area contributed by atoms with Crippen molar-refractivity contribution in [2.45, 2.75) is 58.5 Å². The lowest BCUT2D eigenvalue weighted by Crippen LogP contribution is -2.49. The fourth-order valence-electron chi connectivity index (χ4n) is 4.23. The Morgan fingerprint density at radius 3 is 2.35 bits per heavy atom. The molecule has 3 rings (SSSR count). The zero-order valence-corrected chi connectivity index (χ0v) is 19.8. The molecule has 0 aliphatic heterocycles. The second-order valence-electron chi connectivity index (χ2n) is 8.50. The van der Waals surface area contributed by atoms with Crippen LogP contribution in [-0.2, 0) is 9.59 Å². The van der Waals surface area contributed by atoms with Gasteiger partial charge in [0.15, 0.2) is 0 Å². The SMILES string of the molecule is Cc1ccc(N(C(=O)CCl)[C@H](C(=O)N[C@H]2CCCC[C@H]2C)c2ccc(Cl)cc2)cc1C. The van der Waals surface area contributed by atoms with Crippen LogP contribution in [0.3, 0.4) is 0 Å². The van der Waals surface area contributed by atoms with Crippen LogP contribution in [0, 0.1) is 19.8 Å². The smallest absolute Gasteiger partial charge is 0.248 e. The van der Waals surface area contributed by atoms with Gasteiger partial charge >= 0.3 is 0 Å². The lowest BCUT2D eigenvalue weighted by Gasteiger charge is -2.35. The van der Waals surface area contributed by atoms with E-state index in [4.69, 9.17) is 23.2 Å². The number of hydrogen-bond donors (Lipinski definition) is 1. The number of amides is 2. The van der Waals surface area contributed by atoms with E-state index in [2.05, 4.69) is 12.2 Å². The lowest BCUT2D eigenvalue weighted by atomic mass is 9.85. The lowest BCUT2D eigenvalue weighted by molar-refractivity contribution is -0.126. The maximum Gasteiger partial charge on any atom is 0.248 e. The summed E-state index contributed by atoms with van der Waals surface area (Å²) in [6, 6.07) is 12.1. The van der Waals surface area contributed by atoms with Crippen LogP contribution in [0.1, 0.15) is 55.3 Å². The molecule has 0 spiro atoms. The quantitative estimate of drug-likeness (QED) is 0.540. The van der Waals surface area contributed by atoms with Gasteiger partial charge in [0.25, 0.3) is 0 Å². The highest BCUT2D eigenvalue weighted by Gasteiger charge is 2.34. The third-order valence-corrected chi connectivity index (χ3v) is 6.76. The fraction of sp³-hybridized carbons (Fsp3) is 0.440. The highest BCUT2D eigenvalue weighted by Crippen LogP contribution is 2.32. The predicted octanol–water partition coefficient (Wildman–Crippen LogP) is 5.96. The standard InChI is InChI=1S/C25H30Cl2N2O2/c1-16-8-13-21(14-18(16)3)29(23(30)15-26)24(19-9-11-20(27)12-10-19)25(31)28-22-7-5-4-6-17(22)2/h8-14,17,22,24H,4-7,15H2,1-3H3,(H,28,31)/t17-,22+,24+/m1/s1. The minimum atomic E-state index is -0.834. The summed E-state index contributed by atoms with van der Waals surface area (Å²) in [5.74, 6) is -0.332. The third kappa shape index (κ3) is 5.61. The highest BCUT2D eigenvalue weighted by molar-refractivity contribution is 6.30. The molecule has 1 aliphatic rings. The first-order chi connectivity index (χ1) is 14.8. The van der Waals surface area contributed by atoms with E-state index in [1.807, 2.05) is 32.0 Å². The molecule has 1 fully saturated rings. The number of nitrogens with zero attached hydrogens (tertiary/aromatic N) is 1. The van der Waals surface area contributed by atoms with E-state index in [0.29, 0.717) is 22.2 Å². The summed E-state index contributed by atoms with van der Waals surface area (Å²) >= 11 is 12.1. The fourth-order valence-corrected chi connectivity index (χ4v) is 4.49. The average Bonchev–Trinajstić information content (AvgIpc) is 2.76. The van der Waals surface area contributed by atoms with Crippen LogP contribution in [0.5, 0.6) is 0 Å². The molecule has 0 bridgehead atoms. The Labute approximate surface area is 194 Å². The molecule has 3 atom stereocenters. The monoisotopic (exact) mass is 460 g/mol. The van der Waals surface area contributed by atoms with E-state index < -0.39 is 6.04 Å². The molecule has 0 unspecified atom stereocenters. The summed E-state index contributed by atoms with van der Waals surface area (Å²) in [4.78, 5) is 28.2. The van der Waals surface area contributed by atoms with Crippen LogP contribution in [0.4, 0.5) is 5.69 Å². The second kappa shape index (κ2) is 10.5. The first-order valence-electron chi connectivity index (χ1n) is 10.8. The molecule has 0 radical (unpaired) electrons. The second-order valence-corrected chi connectivity index (χ2v) is 9.20. The van der Waals surface area contributed by atoms with Crippen LogP contribution in [0.15, 0.2) is 42.5 Å². The average molecular weight is 461 g/mol. The number of hydrogen-bond acceptors (Lipinski definition) is 2. The van der Waals surface area contributed by atoms with Crippen molar-refractivity contribution in [3.8, 4) is 0 Å². The minimum Gasteiger partial charge on any atom is -0.351 e. The van der Waals surface area contributed by atoms with Gasteiger partial charge in [-0.2, -0.15) is 0 Å². The van der Waals surface area contributed by atoms with Gasteiger partial charge in [0, 0.05) is 16.8 Å². The molecular weight excluding hydrogens is 431 g/mol. The molecule has 166 valence electrons. The third-order valence-electron chi connectivity index (χ3n) is 6.28. The summed E-state index contributed by atoms with van der Waals surface area (Å²) < 4.78 is 0. The van der Waals surface area contributed by atoms with Gasteiger partial charge in [-0.3, -0.25) is 14.5 Å². The Morgan fingerprint density at radius 1 is 1.06 bits per heavy atom. The van der Waals surface area contributed by atoms with E-state index in [0.717, 1.165) is 30.4 Å². The topological polar surface area (TPSA) is 49.4 Å². The molecule has 6 heteroatoms. The van der Waals surface area contributed by atoms with Gasteiger partial charge in [-0.25, -0.2) is 0 Å². The number of carbonyl (C=O) groups excluding carboxylic acids is 2. The molecule has 0 saturated heterocycles. The van der Waals surface area contributed by atoms with Crippen molar-refractivity contribution in [1.29, 1.82) is 0 Å². The zero-order chi connectivity index (χ0) is 22.5. The van der Waals surface area contributed by atoms with E-state index in [1.165, 1.54) is 11.3 Å². The van der Waals surface area contributed by atoms with Gasteiger partial charge < -0.3 is 5.32 Å². The molecule has 2 aromatic rings. The van der Waals surface area contributed by atoms with Crippen LogP contribution in [0.25, 0.3) is 0 Å². The van der Waals surface area contributed by atoms with E-state index >= 15 is 0 Å². The Morgan fingerprint density at radius 2 is 1.74 bits per heavy atom. The normalized spacial score (nSPS) is 19.5. The van der Waals surface area contributed by atoms with Crippen LogP contribution < -0.4 is 10.2 Å². The summed E-state index contributed by atoms with van der Waals surface area (Å²) in [5, 5.41) is 3.80. The molecule has 0 heterocycles. The Balaban J connectivity index is 2.04. The van der Waals surface area contributed by atoms with Crippen LogP contribution in [0.2, 0.25) is 5.02 Å². The van der Waals surface area contributed by atoms with E-state index in [1.54, 1.807) is 24.3 Å². The first-order valence-corrected chi connectivity index (χ1v) is 11.7. The Bertz CT molecular complexity index is 930. The molecule has 31 heavy (non-hydrogen) atoms. The molecule has 2 aromatic carbocycles. The van der Waals surface area contributed by atoms with Gasteiger partial charge in [-0.05, 0) is 73.6 Å². The number of nitrogens with one attached hydrogen (secondary N) is 1. The Hall–Kier alpha value is -2.04.